The van der Waals surface area contributed by atoms with E-state index in [0.717, 1.165) is 34.7 Å². The zero-order valence-corrected chi connectivity index (χ0v) is 18.7. The zero-order valence-electron chi connectivity index (χ0n) is 17.9. The molecule has 0 aliphatic carbocycles. The number of rotatable bonds is 7. The minimum atomic E-state index is -0.218. The first-order valence-electron chi connectivity index (χ1n) is 10.1. The Morgan fingerprint density at radius 1 is 1.03 bits per heavy atom. The smallest absolute Gasteiger partial charge is 0.266 e. The highest BCUT2D eigenvalue weighted by Gasteiger charge is 2.21. The Kier molecular flexibility index (Phi) is 7.00. The van der Waals surface area contributed by atoms with Gasteiger partial charge in [-0.25, -0.2) is 4.98 Å². The van der Waals surface area contributed by atoms with Gasteiger partial charge in [-0.1, -0.05) is 56.3 Å². The maximum atomic E-state index is 12.9. The third-order valence-electron chi connectivity index (χ3n) is 5.00. The summed E-state index contributed by atoms with van der Waals surface area (Å²) in [5.74, 6) is -0.412. The summed E-state index contributed by atoms with van der Waals surface area (Å²) in [6.45, 7) is 5.97. The van der Waals surface area contributed by atoms with Crippen LogP contribution < -0.4 is 5.32 Å². The van der Waals surface area contributed by atoms with Crippen molar-refractivity contribution < 1.29 is 9.59 Å². The van der Waals surface area contributed by atoms with Crippen molar-refractivity contribution in [2.45, 2.75) is 33.6 Å². The lowest BCUT2D eigenvalue weighted by atomic mass is 10.1. The first-order chi connectivity index (χ1) is 14.4. The fraction of sp³-hybridized carbons (Fsp3) is 0.292. The van der Waals surface area contributed by atoms with E-state index in [9.17, 15) is 9.59 Å². The number of likely N-dealkylation sites (N-methyl/N-ethyl adjacent to an activating group) is 1. The average molecular weight is 422 g/mol. The van der Waals surface area contributed by atoms with Crippen molar-refractivity contribution in [1.29, 1.82) is 0 Å². The number of carbonyl (C=O) groups is 2. The average Bonchev–Trinajstić information content (AvgIpc) is 3.15. The lowest BCUT2D eigenvalue weighted by molar-refractivity contribution is -0.116. The van der Waals surface area contributed by atoms with Gasteiger partial charge in [0.25, 0.3) is 5.91 Å². The van der Waals surface area contributed by atoms with Crippen LogP contribution in [-0.2, 0) is 17.6 Å². The van der Waals surface area contributed by atoms with Gasteiger partial charge in [-0.05, 0) is 37.0 Å². The molecule has 6 heteroatoms. The minimum absolute atomic E-state index is 0.0191. The van der Waals surface area contributed by atoms with Gasteiger partial charge in [-0.3, -0.25) is 9.59 Å². The van der Waals surface area contributed by atoms with E-state index in [1.54, 1.807) is 7.05 Å². The second kappa shape index (κ2) is 9.67. The van der Waals surface area contributed by atoms with E-state index in [0.29, 0.717) is 10.6 Å². The van der Waals surface area contributed by atoms with Crippen molar-refractivity contribution in [2.24, 2.45) is 0 Å². The summed E-state index contributed by atoms with van der Waals surface area (Å²) < 4.78 is 0. The second-order valence-corrected chi connectivity index (χ2v) is 8.20. The molecule has 0 saturated carbocycles. The van der Waals surface area contributed by atoms with Crippen LogP contribution in [0.25, 0.3) is 10.6 Å². The number of anilines is 1. The van der Waals surface area contributed by atoms with Crippen LogP contribution in [0.3, 0.4) is 0 Å². The predicted molar refractivity (Wildman–Crippen MR) is 123 cm³/mol. The predicted octanol–water partition coefficient (Wildman–Crippen LogP) is 4.95. The molecule has 156 valence electrons. The largest absolute Gasteiger partial charge is 0.332 e. The first kappa shape index (κ1) is 21.7. The molecule has 0 aliphatic rings. The van der Waals surface area contributed by atoms with E-state index in [2.05, 4.69) is 29.4 Å². The summed E-state index contributed by atoms with van der Waals surface area (Å²) in [6.07, 6.45) is 1.81. The summed E-state index contributed by atoms with van der Waals surface area (Å²) in [4.78, 5) is 32.0. The fourth-order valence-corrected chi connectivity index (χ4v) is 4.27. The number of amides is 2. The molecular formula is C24H27N3O2S. The molecule has 0 atom stereocenters. The summed E-state index contributed by atoms with van der Waals surface area (Å²) in [5, 5.41) is 3.72. The molecule has 3 rings (SSSR count). The number of aromatic nitrogens is 1. The normalized spacial score (nSPS) is 10.7. The Morgan fingerprint density at radius 2 is 1.73 bits per heavy atom. The van der Waals surface area contributed by atoms with Crippen LogP contribution in [0.2, 0.25) is 0 Å². The van der Waals surface area contributed by atoms with Crippen LogP contribution >= 0.6 is 11.3 Å². The van der Waals surface area contributed by atoms with Crippen LogP contribution in [-0.4, -0.2) is 35.3 Å². The SMILES string of the molecule is CCc1ccc(-c2nc(C)c(C(=O)N(C)CC(=O)Nc3ccccc3CC)s2)cc1. The number of para-hydroxylation sites is 1. The quantitative estimate of drug-likeness (QED) is 0.587. The third kappa shape index (κ3) is 4.94. The van der Waals surface area contributed by atoms with Crippen LogP contribution in [0.4, 0.5) is 5.69 Å². The second-order valence-electron chi connectivity index (χ2n) is 7.20. The van der Waals surface area contributed by atoms with Gasteiger partial charge >= 0.3 is 0 Å². The molecule has 1 heterocycles. The molecular weight excluding hydrogens is 394 g/mol. The number of hydrogen-bond donors (Lipinski definition) is 1. The maximum absolute atomic E-state index is 12.9. The van der Waals surface area contributed by atoms with Gasteiger partial charge in [-0.15, -0.1) is 11.3 Å². The topological polar surface area (TPSA) is 62.3 Å². The van der Waals surface area contributed by atoms with Crippen LogP contribution in [0, 0.1) is 6.92 Å². The highest BCUT2D eigenvalue weighted by atomic mass is 32.1. The van der Waals surface area contributed by atoms with E-state index in [1.165, 1.54) is 21.8 Å². The highest BCUT2D eigenvalue weighted by molar-refractivity contribution is 7.17. The molecule has 5 nitrogen and oxygen atoms in total. The Hall–Kier alpha value is -2.99. The highest BCUT2D eigenvalue weighted by Crippen LogP contribution is 2.29. The van der Waals surface area contributed by atoms with Gasteiger partial charge in [-0.2, -0.15) is 0 Å². The number of aryl methyl sites for hydroxylation is 3. The van der Waals surface area contributed by atoms with Crippen molar-refractivity contribution in [3.8, 4) is 10.6 Å². The van der Waals surface area contributed by atoms with Gasteiger partial charge < -0.3 is 10.2 Å². The van der Waals surface area contributed by atoms with Gasteiger partial charge in [0.1, 0.15) is 9.88 Å². The van der Waals surface area contributed by atoms with Crippen molar-refractivity contribution >= 4 is 28.8 Å². The fourth-order valence-electron chi connectivity index (χ4n) is 3.20. The lowest BCUT2D eigenvalue weighted by Gasteiger charge is -2.17. The lowest BCUT2D eigenvalue weighted by Crippen LogP contribution is -2.35. The van der Waals surface area contributed by atoms with Crippen LogP contribution in [0.1, 0.15) is 40.3 Å². The van der Waals surface area contributed by atoms with E-state index in [1.807, 2.05) is 50.2 Å². The monoisotopic (exact) mass is 421 g/mol. The summed E-state index contributed by atoms with van der Waals surface area (Å²) in [7, 11) is 1.64. The van der Waals surface area contributed by atoms with Crippen LogP contribution in [0.15, 0.2) is 48.5 Å². The molecule has 2 amide bonds. The summed E-state index contributed by atoms with van der Waals surface area (Å²) in [5.41, 5.74) is 4.80. The molecule has 1 N–H and O–H groups in total. The molecule has 3 aromatic rings. The van der Waals surface area contributed by atoms with Gasteiger partial charge in [0.15, 0.2) is 0 Å². The van der Waals surface area contributed by atoms with Crippen molar-refractivity contribution in [2.75, 3.05) is 18.9 Å². The summed E-state index contributed by atoms with van der Waals surface area (Å²) in [6, 6.07) is 15.9. The number of hydrogen-bond acceptors (Lipinski definition) is 4. The van der Waals surface area contributed by atoms with Gasteiger partial charge in [0, 0.05) is 18.3 Å². The van der Waals surface area contributed by atoms with Crippen molar-refractivity contribution in [1.82, 2.24) is 9.88 Å². The molecule has 0 bridgehead atoms. The third-order valence-corrected chi connectivity index (χ3v) is 6.19. The maximum Gasteiger partial charge on any atom is 0.266 e. The van der Waals surface area contributed by atoms with Crippen LogP contribution in [0.5, 0.6) is 0 Å². The number of nitrogens with zero attached hydrogens (tertiary/aromatic N) is 2. The molecule has 0 fully saturated rings. The Labute approximate surface area is 181 Å². The van der Waals surface area contributed by atoms with Gasteiger partial charge in [0.2, 0.25) is 5.91 Å². The minimum Gasteiger partial charge on any atom is -0.332 e. The standard InChI is InChI=1S/C24H27N3O2S/c1-5-17-11-13-19(14-12-17)23-25-16(3)22(30-23)24(29)27(4)15-21(28)26-20-10-8-7-9-18(20)6-2/h7-14H,5-6,15H2,1-4H3,(H,26,28). The van der Waals surface area contributed by atoms with E-state index in [-0.39, 0.29) is 18.4 Å². The molecule has 0 unspecified atom stereocenters. The Morgan fingerprint density at radius 3 is 2.40 bits per heavy atom. The summed E-state index contributed by atoms with van der Waals surface area (Å²) >= 11 is 1.37. The molecule has 30 heavy (non-hydrogen) atoms. The molecule has 0 aliphatic heterocycles. The van der Waals surface area contributed by atoms with Crippen molar-refractivity contribution in [3.63, 3.8) is 0 Å². The Bertz CT molecular complexity index is 1040. The molecule has 1 aromatic heterocycles. The molecule has 0 saturated heterocycles. The van der Waals surface area contributed by atoms with Crippen molar-refractivity contribution in [3.05, 3.63) is 70.2 Å². The molecule has 0 radical (unpaired) electrons. The Balaban J connectivity index is 1.69. The number of carbonyl (C=O) groups excluding carboxylic acids is 2. The first-order valence-corrected chi connectivity index (χ1v) is 10.9. The van der Waals surface area contributed by atoms with Gasteiger partial charge in [0.05, 0.1) is 12.2 Å². The zero-order chi connectivity index (χ0) is 21.7. The van der Waals surface area contributed by atoms with E-state index >= 15 is 0 Å². The van der Waals surface area contributed by atoms with E-state index < -0.39 is 0 Å². The number of benzene rings is 2. The molecule has 2 aromatic carbocycles. The number of thiazole rings is 1. The van der Waals surface area contributed by atoms with E-state index in [4.69, 9.17) is 0 Å². The number of nitrogens with one attached hydrogen (secondary N) is 1. The molecule has 0 spiro atoms.